The predicted molar refractivity (Wildman–Crippen MR) is 94.5 cm³/mol. The van der Waals surface area contributed by atoms with Gasteiger partial charge in [-0.15, -0.1) is 5.10 Å². The third-order valence-corrected chi connectivity index (χ3v) is 4.34. The lowest BCUT2D eigenvalue weighted by Crippen LogP contribution is -2.45. The van der Waals surface area contributed by atoms with Gasteiger partial charge < -0.3 is 10.1 Å². The third-order valence-electron chi connectivity index (χ3n) is 4.34. The van der Waals surface area contributed by atoms with Crippen molar-refractivity contribution in [2.24, 2.45) is 5.10 Å². The van der Waals surface area contributed by atoms with Gasteiger partial charge in [0.15, 0.2) is 0 Å². The van der Waals surface area contributed by atoms with E-state index in [-0.39, 0.29) is 17.7 Å². The van der Waals surface area contributed by atoms with Crippen LogP contribution in [0.15, 0.2) is 47.1 Å². The molecule has 0 bridgehead atoms. The van der Waals surface area contributed by atoms with Crippen LogP contribution in [-0.4, -0.2) is 35.5 Å². The van der Waals surface area contributed by atoms with E-state index in [0.29, 0.717) is 6.54 Å². The first-order valence-electron chi connectivity index (χ1n) is 8.71. The van der Waals surface area contributed by atoms with Gasteiger partial charge in [-0.25, -0.2) is 0 Å². The third kappa shape index (κ3) is 4.26. The van der Waals surface area contributed by atoms with E-state index in [2.05, 4.69) is 16.5 Å². The fourth-order valence-corrected chi connectivity index (χ4v) is 3.00. The summed E-state index contributed by atoms with van der Waals surface area (Å²) in [5, 5.41) is 8.12. The first kappa shape index (κ1) is 17.2. The fourth-order valence-electron chi connectivity index (χ4n) is 3.00. The molecule has 0 aromatic heterocycles. The minimum atomic E-state index is -1.05. The van der Waals surface area contributed by atoms with Gasteiger partial charge in [-0.2, -0.15) is 5.01 Å². The molecule has 0 saturated heterocycles. The zero-order chi connectivity index (χ0) is 17.6. The number of ether oxygens (including phenoxy) is 1. The van der Waals surface area contributed by atoms with Crippen LogP contribution in [0.4, 0.5) is 0 Å². The summed E-state index contributed by atoms with van der Waals surface area (Å²) in [5.74, 6) is -0.395. The number of allylic oxidation sites excluding steroid dienone is 1. The Labute approximate surface area is 147 Å². The van der Waals surface area contributed by atoms with E-state index < -0.39 is 6.23 Å². The SMILES string of the molecule is CC(=O)N1N=C(c2ccccc2)OC1C(=O)NCCC1=CCCCC1. The highest BCUT2D eigenvalue weighted by molar-refractivity contribution is 5.99. The Morgan fingerprint density at radius 2 is 2.08 bits per heavy atom. The lowest BCUT2D eigenvalue weighted by atomic mass is 9.97. The predicted octanol–water partition coefficient (Wildman–Crippen LogP) is 2.56. The number of nitrogens with one attached hydrogen (secondary N) is 1. The van der Waals surface area contributed by atoms with Crippen molar-refractivity contribution in [1.29, 1.82) is 0 Å². The molecule has 1 atom stereocenters. The van der Waals surface area contributed by atoms with Gasteiger partial charge in [0.2, 0.25) is 11.8 Å². The van der Waals surface area contributed by atoms with Crippen LogP contribution in [-0.2, 0) is 14.3 Å². The summed E-state index contributed by atoms with van der Waals surface area (Å²) in [5.41, 5.74) is 2.12. The molecule has 1 aliphatic carbocycles. The average Bonchev–Trinajstić information content (AvgIpc) is 3.09. The number of rotatable bonds is 5. The highest BCUT2D eigenvalue weighted by Crippen LogP contribution is 2.20. The Bertz CT molecular complexity index is 697. The van der Waals surface area contributed by atoms with Crippen LogP contribution >= 0.6 is 0 Å². The average molecular weight is 341 g/mol. The van der Waals surface area contributed by atoms with Crippen molar-refractivity contribution in [3.8, 4) is 0 Å². The number of hydrazone groups is 1. The maximum atomic E-state index is 12.5. The first-order valence-corrected chi connectivity index (χ1v) is 8.71. The molecule has 1 heterocycles. The van der Waals surface area contributed by atoms with Crippen LogP contribution in [0.1, 0.15) is 44.6 Å². The number of nitrogens with zero attached hydrogens (tertiary/aromatic N) is 2. The molecule has 6 nitrogen and oxygen atoms in total. The second-order valence-corrected chi connectivity index (χ2v) is 6.25. The number of hydrogen-bond acceptors (Lipinski definition) is 4. The maximum absolute atomic E-state index is 12.5. The molecule has 6 heteroatoms. The van der Waals surface area contributed by atoms with Gasteiger partial charge in [-0.3, -0.25) is 9.59 Å². The summed E-state index contributed by atoms with van der Waals surface area (Å²) in [7, 11) is 0. The van der Waals surface area contributed by atoms with Crippen molar-refractivity contribution in [3.63, 3.8) is 0 Å². The van der Waals surface area contributed by atoms with Gasteiger partial charge in [-0.1, -0.05) is 29.8 Å². The molecule has 132 valence electrons. The van der Waals surface area contributed by atoms with E-state index in [1.807, 2.05) is 30.3 Å². The van der Waals surface area contributed by atoms with Gasteiger partial charge in [0.25, 0.3) is 12.1 Å². The minimum absolute atomic E-state index is 0.283. The van der Waals surface area contributed by atoms with Crippen molar-refractivity contribution in [3.05, 3.63) is 47.5 Å². The van der Waals surface area contributed by atoms with Gasteiger partial charge >= 0.3 is 0 Å². The van der Waals surface area contributed by atoms with E-state index in [1.54, 1.807) is 0 Å². The highest BCUT2D eigenvalue weighted by atomic mass is 16.5. The van der Waals surface area contributed by atoms with Crippen molar-refractivity contribution in [2.75, 3.05) is 6.54 Å². The zero-order valence-electron chi connectivity index (χ0n) is 14.4. The van der Waals surface area contributed by atoms with Crippen molar-refractivity contribution in [1.82, 2.24) is 10.3 Å². The molecule has 3 rings (SSSR count). The van der Waals surface area contributed by atoms with Gasteiger partial charge in [0, 0.05) is 19.0 Å². The largest absolute Gasteiger partial charge is 0.440 e. The molecule has 0 radical (unpaired) electrons. The standard InChI is InChI=1S/C19H23N3O3/c1-14(23)22-19(25-18(21-22)16-10-6-3-7-11-16)17(24)20-13-12-15-8-4-2-5-9-15/h3,6-8,10-11,19H,2,4-5,9,12-13H2,1H3,(H,20,24). The van der Waals surface area contributed by atoms with Crippen molar-refractivity contribution < 1.29 is 14.3 Å². The molecule has 1 unspecified atom stereocenters. The van der Waals surface area contributed by atoms with Crippen LogP contribution < -0.4 is 5.32 Å². The molecule has 0 saturated carbocycles. The van der Waals surface area contributed by atoms with Crippen molar-refractivity contribution in [2.45, 2.75) is 45.3 Å². The van der Waals surface area contributed by atoms with Crippen LogP contribution in [0.5, 0.6) is 0 Å². The molecule has 1 aliphatic heterocycles. The summed E-state index contributed by atoms with van der Waals surface area (Å²) >= 11 is 0. The lowest BCUT2D eigenvalue weighted by Gasteiger charge is -2.19. The number of carbonyl (C=O) groups is 2. The summed E-state index contributed by atoms with van der Waals surface area (Å²) in [6.45, 7) is 1.91. The minimum Gasteiger partial charge on any atom is -0.440 e. The second kappa shape index (κ2) is 7.96. The van der Waals surface area contributed by atoms with Gasteiger partial charge in [0.1, 0.15) is 0 Å². The maximum Gasteiger partial charge on any atom is 0.284 e. The number of amides is 2. The zero-order valence-corrected chi connectivity index (χ0v) is 14.4. The second-order valence-electron chi connectivity index (χ2n) is 6.25. The highest BCUT2D eigenvalue weighted by Gasteiger charge is 2.37. The number of benzene rings is 1. The van der Waals surface area contributed by atoms with Crippen LogP contribution in [0.25, 0.3) is 0 Å². The topological polar surface area (TPSA) is 71.0 Å². The molecular weight excluding hydrogens is 318 g/mol. The Morgan fingerprint density at radius 1 is 1.28 bits per heavy atom. The van der Waals surface area contributed by atoms with E-state index in [0.717, 1.165) is 29.8 Å². The Morgan fingerprint density at radius 3 is 2.76 bits per heavy atom. The van der Waals surface area contributed by atoms with Gasteiger partial charge in [-0.05, 0) is 44.2 Å². The molecule has 0 spiro atoms. The van der Waals surface area contributed by atoms with E-state index in [1.165, 1.54) is 25.3 Å². The normalized spacial score (nSPS) is 19.7. The monoisotopic (exact) mass is 341 g/mol. The molecule has 0 fully saturated rings. The van der Waals surface area contributed by atoms with E-state index in [9.17, 15) is 9.59 Å². The summed E-state index contributed by atoms with van der Waals surface area (Å²) in [4.78, 5) is 24.3. The van der Waals surface area contributed by atoms with E-state index >= 15 is 0 Å². The summed E-state index contributed by atoms with van der Waals surface area (Å²) < 4.78 is 5.65. The van der Waals surface area contributed by atoms with E-state index in [4.69, 9.17) is 4.74 Å². The van der Waals surface area contributed by atoms with Crippen LogP contribution in [0.2, 0.25) is 0 Å². The number of carbonyl (C=O) groups excluding carboxylic acids is 2. The number of hydrogen-bond donors (Lipinski definition) is 1. The molecular formula is C19H23N3O3. The summed E-state index contributed by atoms with van der Waals surface area (Å²) in [6, 6.07) is 9.24. The Hall–Kier alpha value is -2.63. The quantitative estimate of drug-likeness (QED) is 0.837. The fraction of sp³-hybridized carbons (Fsp3) is 0.421. The molecule has 1 N–H and O–H groups in total. The lowest BCUT2D eigenvalue weighted by molar-refractivity contribution is -0.146. The first-order chi connectivity index (χ1) is 12.1. The van der Waals surface area contributed by atoms with Gasteiger partial charge in [0.05, 0.1) is 0 Å². The van der Waals surface area contributed by atoms with Crippen LogP contribution in [0, 0.1) is 0 Å². The molecule has 1 aromatic rings. The molecule has 25 heavy (non-hydrogen) atoms. The smallest absolute Gasteiger partial charge is 0.284 e. The molecule has 2 amide bonds. The molecule has 2 aliphatic rings. The Balaban J connectivity index is 1.59. The summed E-state index contributed by atoms with van der Waals surface area (Å²) in [6.07, 6.45) is 6.76. The Kier molecular flexibility index (Phi) is 5.48. The van der Waals surface area contributed by atoms with Crippen LogP contribution in [0.3, 0.4) is 0 Å². The van der Waals surface area contributed by atoms with Crippen molar-refractivity contribution >= 4 is 17.7 Å². The molecule has 1 aromatic carbocycles.